The van der Waals surface area contributed by atoms with Gasteiger partial charge in [-0.3, -0.25) is 0 Å². The molecule has 2 atom stereocenters. The van der Waals surface area contributed by atoms with Gasteiger partial charge in [-0.15, -0.1) is 11.3 Å². The average molecular weight is 295 g/mol. The summed E-state index contributed by atoms with van der Waals surface area (Å²) in [5.74, 6) is 0. The second-order valence-electron chi connectivity index (χ2n) is 6.04. The molecule has 0 aromatic carbocycles. The van der Waals surface area contributed by atoms with Crippen LogP contribution in [0.15, 0.2) is 0 Å². The van der Waals surface area contributed by atoms with E-state index >= 15 is 0 Å². The quantitative estimate of drug-likeness (QED) is 0.906. The maximum Gasteiger partial charge on any atom is 0.186 e. The number of nitrogens with zero attached hydrogens (tertiary/aromatic N) is 2. The summed E-state index contributed by atoms with van der Waals surface area (Å²) in [6.45, 7) is 9.39. The molecule has 1 aliphatic heterocycles. The Kier molecular flexibility index (Phi) is 4.29. The highest BCUT2D eigenvalue weighted by Crippen LogP contribution is 2.30. The van der Waals surface area contributed by atoms with Gasteiger partial charge in [0.25, 0.3) is 0 Å². The summed E-state index contributed by atoms with van der Waals surface area (Å²) in [6.07, 6.45) is 4.28. The average Bonchev–Trinajstić information content (AvgIpc) is 3.14. The van der Waals surface area contributed by atoms with E-state index in [1.165, 1.54) is 28.5 Å². The molecular weight excluding hydrogens is 270 g/mol. The predicted molar refractivity (Wildman–Crippen MR) is 83.6 cm³/mol. The zero-order valence-corrected chi connectivity index (χ0v) is 13.5. The van der Waals surface area contributed by atoms with Crippen LogP contribution in [-0.2, 0) is 17.7 Å². The Morgan fingerprint density at radius 2 is 2.00 bits per heavy atom. The minimum atomic E-state index is 0.292. The van der Waals surface area contributed by atoms with Crippen LogP contribution in [0.1, 0.15) is 44.2 Å². The smallest absolute Gasteiger partial charge is 0.186 e. The van der Waals surface area contributed by atoms with E-state index in [1.807, 2.05) is 11.3 Å². The van der Waals surface area contributed by atoms with Gasteiger partial charge in [-0.2, -0.15) is 0 Å². The lowest BCUT2D eigenvalue weighted by Crippen LogP contribution is -2.45. The molecule has 2 aliphatic rings. The minimum absolute atomic E-state index is 0.292. The van der Waals surface area contributed by atoms with Gasteiger partial charge < -0.3 is 15.0 Å². The van der Waals surface area contributed by atoms with Crippen molar-refractivity contribution in [2.75, 3.05) is 18.0 Å². The van der Waals surface area contributed by atoms with Crippen molar-refractivity contribution in [1.82, 2.24) is 10.3 Å². The summed E-state index contributed by atoms with van der Waals surface area (Å²) in [5.41, 5.74) is 1.27. The van der Waals surface area contributed by atoms with Crippen molar-refractivity contribution in [1.29, 1.82) is 0 Å². The van der Waals surface area contributed by atoms with Crippen molar-refractivity contribution in [3.8, 4) is 0 Å². The minimum Gasteiger partial charge on any atom is -0.372 e. The Balaban J connectivity index is 1.71. The molecule has 5 heteroatoms. The third-order valence-corrected chi connectivity index (χ3v) is 5.08. The first-order valence-corrected chi connectivity index (χ1v) is 8.59. The Hall–Kier alpha value is -0.650. The number of ether oxygens (including phenoxy) is 1. The van der Waals surface area contributed by atoms with E-state index in [4.69, 9.17) is 9.72 Å². The summed E-state index contributed by atoms with van der Waals surface area (Å²) >= 11 is 1.86. The van der Waals surface area contributed by atoms with Crippen molar-refractivity contribution in [3.05, 3.63) is 10.6 Å². The van der Waals surface area contributed by atoms with Gasteiger partial charge >= 0.3 is 0 Å². The SMILES string of the molecule is CCc1nc(N2C[C@@H](C)O[C@@H](C)C2)sc1CNC1CC1. The summed E-state index contributed by atoms with van der Waals surface area (Å²) < 4.78 is 5.81. The summed E-state index contributed by atoms with van der Waals surface area (Å²) in [4.78, 5) is 8.68. The molecule has 20 heavy (non-hydrogen) atoms. The van der Waals surface area contributed by atoms with Crippen LogP contribution in [0.5, 0.6) is 0 Å². The summed E-state index contributed by atoms with van der Waals surface area (Å²) in [7, 11) is 0. The van der Waals surface area contributed by atoms with Crippen LogP contribution in [0.4, 0.5) is 5.13 Å². The van der Waals surface area contributed by atoms with E-state index in [0.717, 1.165) is 32.1 Å². The van der Waals surface area contributed by atoms with Crippen molar-refractivity contribution >= 4 is 16.5 Å². The largest absolute Gasteiger partial charge is 0.372 e. The van der Waals surface area contributed by atoms with Gasteiger partial charge in [-0.05, 0) is 33.1 Å². The molecule has 2 fully saturated rings. The Morgan fingerprint density at radius 1 is 1.30 bits per heavy atom. The maximum atomic E-state index is 5.81. The van der Waals surface area contributed by atoms with Gasteiger partial charge in [-0.25, -0.2) is 4.98 Å². The maximum absolute atomic E-state index is 5.81. The molecule has 0 bridgehead atoms. The molecule has 1 saturated carbocycles. The van der Waals surface area contributed by atoms with E-state index < -0.39 is 0 Å². The highest BCUT2D eigenvalue weighted by molar-refractivity contribution is 7.15. The molecule has 1 aliphatic carbocycles. The van der Waals surface area contributed by atoms with Crippen molar-refractivity contribution < 1.29 is 4.74 Å². The number of aryl methyl sites for hydroxylation is 1. The number of aromatic nitrogens is 1. The number of hydrogen-bond donors (Lipinski definition) is 1. The molecule has 2 heterocycles. The third kappa shape index (κ3) is 3.32. The number of anilines is 1. The number of rotatable bonds is 5. The van der Waals surface area contributed by atoms with Gasteiger partial charge in [0.1, 0.15) is 0 Å². The van der Waals surface area contributed by atoms with E-state index in [-0.39, 0.29) is 0 Å². The molecule has 3 rings (SSSR count). The van der Waals surface area contributed by atoms with Crippen LogP contribution in [0.2, 0.25) is 0 Å². The van der Waals surface area contributed by atoms with Crippen LogP contribution in [0.3, 0.4) is 0 Å². The standard InChI is InChI=1S/C15H25N3OS/c1-4-13-14(7-16-12-5-6-12)20-15(17-13)18-8-10(2)19-11(3)9-18/h10-12,16H,4-9H2,1-3H3/t10-,11+. The topological polar surface area (TPSA) is 37.4 Å². The Morgan fingerprint density at radius 3 is 2.60 bits per heavy atom. The number of nitrogens with one attached hydrogen (secondary N) is 1. The lowest BCUT2D eigenvalue weighted by atomic mass is 10.2. The van der Waals surface area contributed by atoms with Gasteiger partial charge in [0.2, 0.25) is 0 Å². The first-order valence-electron chi connectivity index (χ1n) is 7.78. The highest BCUT2D eigenvalue weighted by atomic mass is 32.1. The fraction of sp³-hybridized carbons (Fsp3) is 0.800. The Labute approximate surface area is 125 Å². The zero-order valence-electron chi connectivity index (χ0n) is 12.7. The fourth-order valence-corrected chi connectivity index (χ4v) is 3.90. The van der Waals surface area contributed by atoms with E-state index in [0.29, 0.717) is 12.2 Å². The second-order valence-corrected chi connectivity index (χ2v) is 7.10. The van der Waals surface area contributed by atoms with E-state index in [9.17, 15) is 0 Å². The van der Waals surface area contributed by atoms with Crippen molar-refractivity contribution in [2.24, 2.45) is 0 Å². The molecule has 4 nitrogen and oxygen atoms in total. The molecule has 1 aromatic heterocycles. The molecule has 0 radical (unpaired) electrons. The van der Waals surface area contributed by atoms with Crippen molar-refractivity contribution in [3.63, 3.8) is 0 Å². The monoisotopic (exact) mass is 295 g/mol. The van der Waals surface area contributed by atoms with Gasteiger partial charge in [0, 0.05) is 30.6 Å². The summed E-state index contributed by atoms with van der Waals surface area (Å²) in [5, 5.41) is 4.79. The molecule has 1 saturated heterocycles. The molecule has 0 spiro atoms. The third-order valence-electron chi connectivity index (χ3n) is 3.92. The first kappa shape index (κ1) is 14.3. The predicted octanol–water partition coefficient (Wildman–Crippen LogP) is 2.57. The normalized spacial score (nSPS) is 27.1. The molecule has 112 valence electrons. The fourth-order valence-electron chi connectivity index (χ4n) is 2.78. The second kappa shape index (κ2) is 6.00. The van der Waals surface area contributed by atoms with E-state index in [1.54, 1.807) is 0 Å². The van der Waals surface area contributed by atoms with Crippen LogP contribution >= 0.6 is 11.3 Å². The van der Waals surface area contributed by atoms with Crippen LogP contribution in [-0.4, -0.2) is 36.3 Å². The summed E-state index contributed by atoms with van der Waals surface area (Å²) in [6, 6.07) is 0.758. The van der Waals surface area contributed by atoms with Crippen LogP contribution in [0, 0.1) is 0 Å². The van der Waals surface area contributed by atoms with Crippen LogP contribution in [0.25, 0.3) is 0 Å². The molecule has 1 N–H and O–H groups in total. The first-order chi connectivity index (χ1) is 9.65. The van der Waals surface area contributed by atoms with Gasteiger partial charge in [0.05, 0.1) is 17.9 Å². The number of hydrogen-bond acceptors (Lipinski definition) is 5. The van der Waals surface area contributed by atoms with Crippen LogP contribution < -0.4 is 10.2 Å². The van der Waals surface area contributed by atoms with Gasteiger partial charge in [-0.1, -0.05) is 6.92 Å². The molecular formula is C15H25N3OS. The lowest BCUT2D eigenvalue weighted by molar-refractivity contribution is -0.00523. The molecule has 1 aromatic rings. The lowest BCUT2D eigenvalue weighted by Gasteiger charge is -2.35. The molecule has 0 amide bonds. The molecule has 0 unspecified atom stereocenters. The Bertz CT molecular complexity index is 448. The zero-order chi connectivity index (χ0) is 14.1. The number of morpholine rings is 1. The number of thiazole rings is 1. The van der Waals surface area contributed by atoms with E-state index in [2.05, 4.69) is 31.0 Å². The van der Waals surface area contributed by atoms with Gasteiger partial charge in [0.15, 0.2) is 5.13 Å². The van der Waals surface area contributed by atoms with Crippen molar-refractivity contribution in [2.45, 2.75) is 64.8 Å². The highest BCUT2D eigenvalue weighted by Gasteiger charge is 2.26.